The Labute approximate surface area is 118 Å². The minimum absolute atomic E-state index is 0.229. The Morgan fingerprint density at radius 2 is 2.15 bits per heavy atom. The van der Waals surface area contributed by atoms with Gasteiger partial charge in [0.15, 0.2) is 5.58 Å². The minimum atomic E-state index is -3.62. The molecular weight excluding hydrogens is 300 g/mol. The molecule has 2 aromatic heterocycles. The van der Waals surface area contributed by atoms with Crippen LogP contribution in [0.25, 0.3) is 11.1 Å². The lowest BCUT2D eigenvalue weighted by molar-refractivity contribution is 0.555. The molecular formula is C12H10N2O4S2. The number of nitrogens with one attached hydrogen (secondary N) is 2. The molecule has 0 spiro atoms. The quantitative estimate of drug-likeness (QED) is 0.776. The van der Waals surface area contributed by atoms with Crippen molar-refractivity contribution in [2.24, 2.45) is 0 Å². The van der Waals surface area contributed by atoms with Crippen LogP contribution in [0.15, 0.2) is 43.1 Å². The third kappa shape index (κ3) is 2.23. The van der Waals surface area contributed by atoms with Crippen LogP contribution in [-0.2, 0) is 10.0 Å². The highest BCUT2D eigenvalue weighted by Crippen LogP contribution is 2.25. The summed E-state index contributed by atoms with van der Waals surface area (Å²) in [5.74, 6) is -0.572. The molecule has 6 nitrogen and oxygen atoms in total. The van der Waals surface area contributed by atoms with Crippen molar-refractivity contribution in [1.29, 1.82) is 0 Å². The second kappa shape index (κ2) is 4.50. The second-order valence-corrected chi connectivity index (χ2v) is 7.07. The van der Waals surface area contributed by atoms with Crippen molar-refractivity contribution in [1.82, 2.24) is 4.98 Å². The highest BCUT2D eigenvalue weighted by atomic mass is 32.2. The zero-order valence-electron chi connectivity index (χ0n) is 10.3. The molecule has 0 bridgehead atoms. The van der Waals surface area contributed by atoms with E-state index in [0.29, 0.717) is 22.4 Å². The molecule has 0 atom stereocenters. The van der Waals surface area contributed by atoms with Gasteiger partial charge in [-0.1, -0.05) is 6.07 Å². The van der Waals surface area contributed by atoms with E-state index in [0.717, 1.165) is 11.3 Å². The van der Waals surface area contributed by atoms with Gasteiger partial charge in [0.2, 0.25) is 0 Å². The van der Waals surface area contributed by atoms with Crippen molar-refractivity contribution in [2.45, 2.75) is 11.1 Å². The first-order valence-electron chi connectivity index (χ1n) is 5.65. The molecule has 8 heteroatoms. The monoisotopic (exact) mass is 310 g/mol. The number of benzene rings is 1. The van der Waals surface area contributed by atoms with E-state index < -0.39 is 15.8 Å². The molecule has 0 fully saturated rings. The van der Waals surface area contributed by atoms with Crippen molar-refractivity contribution in [2.75, 3.05) is 4.72 Å². The number of aryl methyl sites for hydroxylation is 1. The Hall–Kier alpha value is -2.06. The maximum absolute atomic E-state index is 12.2. The summed E-state index contributed by atoms with van der Waals surface area (Å²) < 4.78 is 32.0. The molecule has 0 saturated carbocycles. The molecule has 0 aliphatic rings. The summed E-state index contributed by atoms with van der Waals surface area (Å²) in [5.41, 5.74) is 1.92. The zero-order chi connectivity index (χ0) is 14.3. The summed E-state index contributed by atoms with van der Waals surface area (Å²) in [5, 5.41) is 1.69. The van der Waals surface area contributed by atoms with Crippen LogP contribution in [0, 0.1) is 6.92 Å². The maximum Gasteiger partial charge on any atom is 0.417 e. The summed E-state index contributed by atoms with van der Waals surface area (Å²) in [6.45, 7) is 1.75. The number of aromatic amines is 1. The summed E-state index contributed by atoms with van der Waals surface area (Å²) in [6.07, 6.45) is 0. The number of fused-ring (bicyclic) bond motifs is 1. The van der Waals surface area contributed by atoms with Gasteiger partial charge in [0.25, 0.3) is 10.0 Å². The molecule has 20 heavy (non-hydrogen) atoms. The van der Waals surface area contributed by atoms with Crippen molar-refractivity contribution in [3.8, 4) is 0 Å². The number of rotatable bonds is 3. The topological polar surface area (TPSA) is 92.2 Å². The fourth-order valence-electron chi connectivity index (χ4n) is 1.83. The van der Waals surface area contributed by atoms with Crippen LogP contribution in [0.5, 0.6) is 0 Å². The van der Waals surface area contributed by atoms with Gasteiger partial charge in [-0.05, 0) is 30.0 Å². The number of hydrogen-bond donors (Lipinski definition) is 2. The van der Waals surface area contributed by atoms with Crippen LogP contribution >= 0.6 is 11.3 Å². The molecule has 0 aliphatic carbocycles. The van der Waals surface area contributed by atoms with E-state index in [9.17, 15) is 13.2 Å². The van der Waals surface area contributed by atoms with E-state index in [1.807, 2.05) is 0 Å². The molecule has 3 rings (SSSR count). The van der Waals surface area contributed by atoms with E-state index >= 15 is 0 Å². The Morgan fingerprint density at radius 3 is 2.85 bits per heavy atom. The molecule has 0 aliphatic heterocycles. The third-order valence-electron chi connectivity index (χ3n) is 2.77. The molecule has 1 aromatic carbocycles. The fourth-order valence-corrected chi connectivity index (χ4v) is 3.94. The van der Waals surface area contributed by atoms with Crippen LogP contribution in [0.1, 0.15) is 5.56 Å². The fraction of sp³-hybridized carbons (Fsp3) is 0.0833. The number of sulfonamides is 1. The first-order chi connectivity index (χ1) is 9.45. The zero-order valence-corrected chi connectivity index (χ0v) is 12.0. The SMILES string of the molecule is Cc1cc2[nH]c(=O)oc2cc1NS(=O)(=O)c1cccs1. The van der Waals surface area contributed by atoms with Crippen molar-refractivity contribution < 1.29 is 12.8 Å². The third-order valence-corrected chi connectivity index (χ3v) is 5.53. The predicted octanol–water partition coefficient (Wildman–Crippen LogP) is 2.29. The van der Waals surface area contributed by atoms with Gasteiger partial charge in [0.05, 0.1) is 11.2 Å². The average molecular weight is 310 g/mol. The van der Waals surface area contributed by atoms with Gasteiger partial charge in [0.1, 0.15) is 4.21 Å². The average Bonchev–Trinajstić information content (AvgIpc) is 2.98. The van der Waals surface area contributed by atoms with Crippen LogP contribution in [0.4, 0.5) is 5.69 Å². The van der Waals surface area contributed by atoms with Crippen molar-refractivity contribution in [3.05, 3.63) is 45.8 Å². The number of thiophene rings is 1. The second-order valence-electron chi connectivity index (χ2n) is 4.22. The standard InChI is InChI=1S/C12H10N2O4S2/c1-7-5-9-10(18-12(15)13-9)6-8(7)14-20(16,17)11-3-2-4-19-11/h2-6,14H,1H3,(H,13,15). The number of hydrogen-bond acceptors (Lipinski definition) is 5. The lowest BCUT2D eigenvalue weighted by atomic mass is 10.2. The molecule has 0 saturated heterocycles. The van der Waals surface area contributed by atoms with Crippen LogP contribution in [0.3, 0.4) is 0 Å². The Kier molecular flexibility index (Phi) is 2.91. The molecule has 0 radical (unpaired) electrons. The number of H-pyrrole nitrogens is 1. The van der Waals surface area contributed by atoms with Gasteiger partial charge in [0, 0.05) is 6.07 Å². The van der Waals surface area contributed by atoms with Crippen LogP contribution in [-0.4, -0.2) is 13.4 Å². The molecule has 2 heterocycles. The molecule has 2 N–H and O–H groups in total. The number of oxazole rings is 1. The van der Waals surface area contributed by atoms with E-state index in [2.05, 4.69) is 9.71 Å². The number of anilines is 1. The number of aromatic nitrogens is 1. The lowest BCUT2D eigenvalue weighted by Gasteiger charge is -2.08. The first kappa shape index (κ1) is 12.9. The highest BCUT2D eigenvalue weighted by Gasteiger charge is 2.17. The highest BCUT2D eigenvalue weighted by molar-refractivity contribution is 7.94. The molecule has 0 amide bonds. The Morgan fingerprint density at radius 1 is 1.35 bits per heavy atom. The van der Waals surface area contributed by atoms with Crippen LogP contribution in [0.2, 0.25) is 0 Å². The molecule has 3 aromatic rings. The van der Waals surface area contributed by atoms with Gasteiger partial charge in [-0.25, -0.2) is 13.2 Å². The van der Waals surface area contributed by atoms with Gasteiger partial charge in [-0.3, -0.25) is 9.71 Å². The Bertz CT molecular complexity index is 920. The summed E-state index contributed by atoms with van der Waals surface area (Å²) in [6, 6.07) is 6.35. The normalized spacial score (nSPS) is 11.8. The van der Waals surface area contributed by atoms with E-state index in [4.69, 9.17) is 4.42 Å². The summed E-state index contributed by atoms with van der Waals surface area (Å²) >= 11 is 1.13. The first-order valence-corrected chi connectivity index (χ1v) is 8.02. The van der Waals surface area contributed by atoms with Crippen molar-refractivity contribution in [3.63, 3.8) is 0 Å². The lowest BCUT2D eigenvalue weighted by Crippen LogP contribution is -2.12. The van der Waals surface area contributed by atoms with Gasteiger partial charge >= 0.3 is 5.76 Å². The van der Waals surface area contributed by atoms with Gasteiger partial charge in [-0.15, -0.1) is 11.3 Å². The minimum Gasteiger partial charge on any atom is -0.408 e. The molecule has 104 valence electrons. The maximum atomic E-state index is 12.2. The summed E-state index contributed by atoms with van der Waals surface area (Å²) in [7, 11) is -3.62. The molecule has 0 unspecified atom stereocenters. The van der Waals surface area contributed by atoms with Gasteiger partial charge in [-0.2, -0.15) is 0 Å². The summed E-state index contributed by atoms with van der Waals surface area (Å²) in [4.78, 5) is 13.6. The van der Waals surface area contributed by atoms with Crippen LogP contribution < -0.4 is 10.5 Å². The van der Waals surface area contributed by atoms with E-state index in [-0.39, 0.29) is 4.21 Å². The van der Waals surface area contributed by atoms with Gasteiger partial charge < -0.3 is 4.42 Å². The van der Waals surface area contributed by atoms with Crippen molar-refractivity contribution >= 4 is 38.1 Å². The Balaban J connectivity index is 2.07. The predicted molar refractivity (Wildman–Crippen MR) is 76.7 cm³/mol. The largest absolute Gasteiger partial charge is 0.417 e. The van der Waals surface area contributed by atoms with E-state index in [1.54, 1.807) is 24.4 Å². The van der Waals surface area contributed by atoms with E-state index in [1.165, 1.54) is 12.1 Å². The smallest absolute Gasteiger partial charge is 0.408 e.